The summed E-state index contributed by atoms with van der Waals surface area (Å²) in [5, 5.41) is 9.14. The topological polar surface area (TPSA) is 39.9 Å². The van der Waals surface area contributed by atoms with Crippen LogP contribution in [-0.4, -0.2) is 18.6 Å². The van der Waals surface area contributed by atoms with Crippen LogP contribution in [0.2, 0.25) is 5.02 Å². The first-order chi connectivity index (χ1) is 6.20. The van der Waals surface area contributed by atoms with Crippen molar-refractivity contribution < 1.29 is 0 Å². The Kier molecular flexibility index (Phi) is 3.10. The van der Waals surface area contributed by atoms with E-state index in [1.54, 1.807) is 12.3 Å². The molecule has 0 saturated heterocycles. The number of rotatable bonds is 2. The third kappa shape index (κ3) is 1.90. The van der Waals surface area contributed by atoms with Gasteiger partial charge >= 0.3 is 0 Å². The average Bonchev–Trinajstić information content (AvgIpc) is 2.17. The van der Waals surface area contributed by atoms with Gasteiger partial charge < -0.3 is 4.90 Å². The Balaban J connectivity index is 3.17. The Hall–Kier alpha value is -1.27. The van der Waals surface area contributed by atoms with E-state index in [0.29, 0.717) is 16.4 Å². The third-order valence-corrected chi connectivity index (χ3v) is 2.20. The van der Waals surface area contributed by atoms with E-state index < -0.39 is 0 Å². The molecule has 0 aliphatic carbocycles. The maximum absolute atomic E-state index is 8.72. The van der Waals surface area contributed by atoms with Gasteiger partial charge in [-0.2, -0.15) is 5.26 Å². The van der Waals surface area contributed by atoms with Gasteiger partial charge in [-0.3, -0.25) is 0 Å². The number of nitriles is 1. The molecule has 68 valence electrons. The fourth-order valence-electron chi connectivity index (χ4n) is 0.935. The molecule has 0 bridgehead atoms. The summed E-state index contributed by atoms with van der Waals surface area (Å²) in [6.07, 6.45) is 1.59. The summed E-state index contributed by atoms with van der Waals surface area (Å²) in [6.45, 7) is 2.80. The number of nitrogens with zero attached hydrogens (tertiary/aromatic N) is 3. The highest BCUT2D eigenvalue weighted by Crippen LogP contribution is 2.24. The normalized spacial score (nSPS) is 9.38. The van der Waals surface area contributed by atoms with E-state index >= 15 is 0 Å². The third-order valence-electron chi connectivity index (χ3n) is 1.83. The maximum Gasteiger partial charge on any atom is 0.148 e. The molecule has 4 heteroatoms. The van der Waals surface area contributed by atoms with Gasteiger partial charge in [0.1, 0.15) is 16.9 Å². The largest absolute Gasteiger partial charge is 0.359 e. The molecule has 1 rings (SSSR count). The van der Waals surface area contributed by atoms with Crippen LogP contribution in [0.3, 0.4) is 0 Å². The molecule has 0 aromatic carbocycles. The summed E-state index contributed by atoms with van der Waals surface area (Å²) >= 11 is 5.96. The number of halogens is 1. The molecular weight excluding hydrogens is 186 g/mol. The number of pyridine rings is 1. The molecule has 0 aliphatic heterocycles. The Labute approximate surface area is 82.6 Å². The van der Waals surface area contributed by atoms with Gasteiger partial charge in [0.2, 0.25) is 0 Å². The molecule has 3 nitrogen and oxygen atoms in total. The van der Waals surface area contributed by atoms with Gasteiger partial charge in [-0.05, 0) is 13.0 Å². The molecule has 0 aliphatic rings. The average molecular weight is 196 g/mol. The van der Waals surface area contributed by atoms with Crippen LogP contribution in [0.1, 0.15) is 12.5 Å². The van der Waals surface area contributed by atoms with Crippen LogP contribution >= 0.6 is 11.6 Å². The monoisotopic (exact) mass is 195 g/mol. The fraction of sp³-hybridized carbons (Fsp3) is 0.333. The van der Waals surface area contributed by atoms with E-state index in [2.05, 4.69) is 4.98 Å². The lowest BCUT2D eigenvalue weighted by Crippen LogP contribution is -2.17. The van der Waals surface area contributed by atoms with Crippen LogP contribution in [0, 0.1) is 11.3 Å². The second-order valence-corrected chi connectivity index (χ2v) is 3.00. The number of aromatic nitrogens is 1. The van der Waals surface area contributed by atoms with Crippen molar-refractivity contribution in [2.45, 2.75) is 6.92 Å². The lowest BCUT2D eigenvalue weighted by molar-refractivity contribution is 0.938. The lowest BCUT2D eigenvalue weighted by atomic mass is 10.3. The predicted octanol–water partition coefficient (Wildman–Crippen LogP) is 2.06. The molecule has 1 aromatic rings. The predicted molar refractivity (Wildman–Crippen MR) is 52.9 cm³/mol. The summed E-state index contributed by atoms with van der Waals surface area (Å²) in [5.74, 6) is 0.656. The van der Waals surface area contributed by atoms with Gasteiger partial charge in [0.05, 0.1) is 5.56 Å². The molecule has 0 atom stereocenters. The zero-order valence-electron chi connectivity index (χ0n) is 7.58. The van der Waals surface area contributed by atoms with Gasteiger partial charge in [-0.1, -0.05) is 11.6 Å². The van der Waals surface area contributed by atoms with E-state index in [1.165, 1.54) is 0 Å². The molecule has 0 spiro atoms. The van der Waals surface area contributed by atoms with Crippen molar-refractivity contribution in [3.63, 3.8) is 0 Å². The Morgan fingerprint density at radius 1 is 1.69 bits per heavy atom. The highest BCUT2D eigenvalue weighted by atomic mass is 35.5. The van der Waals surface area contributed by atoms with Crippen molar-refractivity contribution in [3.8, 4) is 6.07 Å². The van der Waals surface area contributed by atoms with Crippen molar-refractivity contribution in [2.75, 3.05) is 18.5 Å². The number of hydrogen-bond acceptors (Lipinski definition) is 3. The highest BCUT2D eigenvalue weighted by Gasteiger charge is 2.09. The molecule has 0 fully saturated rings. The minimum absolute atomic E-state index is 0.425. The Bertz CT molecular complexity index is 343. The zero-order chi connectivity index (χ0) is 9.84. The van der Waals surface area contributed by atoms with Gasteiger partial charge in [-0.15, -0.1) is 0 Å². The van der Waals surface area contributed by atoms with Gasteiger partial charge in [-0.25, -0.2) is 4.98 Å². The van der Waals surface area contributed by atoms with Gasteiger partial charge in [0, 0.05) is 19.8 Å². The summed E-state index contributed by atoms with van der Waals surface area (Å²) in [6, 6.07) is 3.62. The van der Waals surface area contributed by atoms with Crippen molar-refractivity contribution in [3.05, 3.63) is 22.8 Å². The Morgan fingerprint density at radius 3 is 2.92 bits per heavy atom. The second-order valence-electron chi connectivity index (χ2n) is 2.62. The first kappa shape index (κ1) is 9.82. The molecular formula is C9H10ClN3. The van der Waals surface area contributed by atoms with Gasteiger partial charge in [0.15, 0.2) is 0 Å². The first-order valence-electron chi connectivity index (χ1n) is 3.96. The lowest BCUT2D eigenvalue weighted by Gasteiger charge is -2.16. The molecule has 0 unspecified atom stereocenters. The number of hydrogen-bond donors (Lipinski definition) is 0. The molecule has 1 heterocycles. The van der Waals surface area contributed by atoms with E-state index in [9.17, 15) is 0 Å². The van der Waals surface area contributed by atoms with E-state index in [0.717, 1.165) is 6.54 Å². The number of anilines is 1. The zero-order valence-corrected chi connectivity index (χ0v) is 8.34. The molecule has 1 aromatic heterocycles. The fourth-order valence-corrected chi connectivity index (χ4v) is 1.23. The minimum Gasteiger partial charge on any atom is -0.359 e. The Morgan fingerprint density at radius 2 is 2.38 bits per heavy atom. The van der Waals surface area contributed by atoms with Crippen LogP contribution in [0.5, 0.6) is 0 Å². The molecule has 0 N–H and O–H groups in total. The van der Waals surface area contributed by atoms with Crippen molar-refractivity contribution in [1.29, 1.82) is 5.26 Å². The van der Waals surface area contributed by atoms with Crippen LogP contribution in [0.4, 0.5) is 5.82 Å². The summed E-state index contributed by atoms with van der Waals surface area (Å²) in [4.78, 5) is 5.99. The minimum atomic E-state index is 0.425. The standard InChI is InChI=1S/C9H10ClN3/c1-3-13(2)9-8(10)7(6-11)4-5-12-9/h4-5H,3H2,1-2H3. The van der Waals surface area contributed by atoms with Crippen LogP contribution in [0.15, 0.2) is 12.3 Å². The smallest absolute Gasteiger partial charge is 0.148 e. The molecule has 13 heavy (non-hydrogen) atoms. The quantitative estimate of drug-likeness (QED) is 0.725. The van der Waals surface area contributed by atoms with E-state index in [4.69, 9.17) is 16.9 Å². The molecule has 0 radical (unpaired) electrons. The molecule has 0 saturated carbocycles. The first-order valence-corrected chi connectivity index (χ1v) is 4.34. The van der Waals surface area contributed by atoms with Crippen molar-refractivity contribution in [2.24, 2.45) is 0 Å². The van der Waals surface area contributed by atoms with E-state index in [1.807, 2.05) is 24.9 Å². The summed E-state index contributed by atoms with van der Waals surface area (Å²) in [7, 11) is 1.88. The van der Waals surface area contributed by atoms with E-state index in [-0.39, 0.29) is 0 Å². The van der Waals surface area contributed by atoms with Crippen LogP contribution < -0.4 is 4.90 Å². The van der Waals surface area contributed by atoms with Crippen molar-refractivity contribution >= 4 is 17.4 Å². The SMILES string of the molecule is CCN(C)c1nccc(C#N)c1Cl. The van der Waals surface area contributed by atoms with Crippen molar-refractivity contribution in [1.82, 2.24) is 4.98 Å². The highest BCUT2D eigenvalue weighted by molar-refractivity contribution is 6.34. The van der Waals surface area contributed by atoms with Crippen LogP contribution in [-0.2, 0) is 0 Å². The van der Waals surface area contributed by atoms with Gasteiger partial charge in [0.25, 0.3) is 0 Å². The maximum atomic E-state index is 8.72. The summed E-state index contributed by atoms with van der Waals surface area (Å²) < 4.78 is 0. The summed E-state index contributed by atoms with van der Waals surface area (Å²) in [5.41, 5.74) is 0.465. The van der Waals surface area contributed by atoms with Crippen LogP contribution in [0.25, 0.3) is 0 Å². The second kappa shape index (κ2) is 4.11. The molecule has 0 amide bonds.